The average Bonchev–Trinajstić information content (AvgIpc) is 3.40. The molecule has 0 saturated heterocycles. The van der Waals surface area contributed by atoms with Gasteiger partial charge in [-0.05, 0) is 35.4 Å². The highest BCUT2D eigenvalue weighted by molar-refractivity contribution is 5.92. The van der Waals surface area contributed by atoms with Gasteiger partial charge in [-0.2, -0.15) is 18.4 Å². The van der Waals surface area contributed by atoms with E-state index >= 15 is 0 Å². The summed E-state index contributed by atoms with van der Waals surface area (Å²) in [6.07, 6.45) is -1.66. The second kappa shape index (κ2) is 13.5. The molecular formula is C27H28F3N7O3. The van der Waals surface area contributed by atoms with Crippen molar-refractivity contribution in [1.82, 2.24) is 30.8 Å². The van der Waals surface area contributed by atoms with Gasteiger partial charge in [0.15, 0.2) is 5.82 Å². The van der Waals surface area contributed by atoms with Crippen molar-refractivity contribution in [2.45, 2.75) is 50.7 Å². The predicted molar refractivity (Wildman–Crippen MR) is 138 cm³/mol. The molecule has 1 unspecified atom stereocenters. The summed E-state index contributed by atoms with van der Waals surface area (Å²) in [7, 11) is 0. The van der Waals surface area contributed by atoms with E-state index in [0.717, 1.165) is 25.0 Å². The molecular weight excluding hydrogens is 527 g/mol. The van der Waals surface area contributed by atoms with Gasteiger partial charge in [-0.25, -0.2) is 4.68 Å². The number of rotatable bonds is 12. The number of tetrazole rings is 1. The summed E-state index contributed by atoms with van der Waals surface area (Å²) < 4.78 is 45.7. The molecule has 0 radical (unpaired) electrons. The number of aromatic nitrogens is 4. The third-order valence-corrected chi connectivity index (χ3v) is 5.71. The number of hydrogen-bond acceptors (Lipinski definition) is 7. The number of nitriles is 1. The topological polar surface area (TPSA) is 135 Å². The van der Waals surface area contributed by atoms with Gasteiger partial charge in [0.2, 0.25) is 5.91 Å². The quantitative estimate of drug-likeness (QED) is 0.348. The van der Waals surface area contributed by atoms with Gasteiger partial charge in [0.25, 0.3) is 0 Å². The van der Waals surface area contributed by atoms with Crippen LogP contribution in [0.4, 0.5) is 13.2 Å². The van der Waals surface area contributed by atoms with Crippen molar-refractivity contribution < 1.29 is 27.5 Å². The lowest BCUT2D eigenvalue weighted by Crippen LogP contribution is -2.58. The number of hydrogen-bond donors (Lipinski definition) is 2. The molecule has 2 amide bonds. The Labute approximate surface area is 228 Å². The molecule has 210 valence electrons. The van der Waals surface area contributed by atoms with Gasteiger partial charge in [-0.15, -0.1) is 5.10 Å². The normalized spacial score (nSPS) is 13.4. The molecule has 0 fully saturated rings. The number of carbonyl (C=O) groups excluding carboxylic acids is 2. The molecule has 0 aliphatic heterocycles. The van der Waals surface area contributed by atoms with E-state index in [4.69, 9.17) is 4.74 Å². The summed E-state index contributed by atoms with van der Waals surface area (Å²) in [5, 5.41) is 25.5. The van der Waals surface area contributed by atoms with Crippen molar-refractivity contribution in [2.24, 2.45) is 0 Å². The molecule has 0 spiro atoms. The third-order valence-electron chi connectivity index (χ3n) is 5.71. The van der Waals surface area contributed by atoms with Crippen molar-refractivity contribution in [3.8, 4) is 6.07 Å². The summed E-state index contributed by atoms with van der Waals surface area (Å²) in [6, 6.07) is 18.9. The third kappa shape index (κ3) is 8.47. The Balaban J connectivity index is 1.88. The molecule has 2 atom stereocenters. The fraction of sp³-hybridized carbons (Fsp3) is 0.333. The first-order chi connectivity index (χ1) is 19.0. The van der Waals surface area contributed by atoms with E-state index in [1.165, 1.54) is 4.68 Å². The molecule has 0 aliphatic rings. The minimum Gasteiger partial charge on any atom is -0.374 e. The smallest absolute Gasteiger partial charge is 0.374 e. The average molecular weight is 556 g/mol. The van der Waals surface area contributed by atoms with Gasteiger partial charge in [-0.1, -0.05) is 72.8 Å². The summed E-state index contributed by atoms with van der Waals surface area (Å²) in [5.74, 6) is -3.07. The lowest BCUT2D eigenvalue weighted by Gasteiger charge is -2.28. The Morgan fingerprint density at radius 2 is 1.73 bits per heavy atom. The van der Waals surface area contributed by atoms with Crippen LogP contribution in [-0.2, 0) is 20.9 Å². The molecule has 1 aromatic heterocycles. The Morgan fingerprint density at radius 3 is 2.35 bits per heavy atom. The second-order valence-electron chi connectivity index (χ2n) is 9.28. The van der Waals surface area contributed by atoms with Crippen molar-refractivity contribution in [2.75, 3.05) is 6.61 Å². The molecule has 1 heterocycles. The fourth-order valence-electron chi connectivity index (χ4n) is 3.58. The molecule has 2 aromatic carbocycles. The van der Waals surface area contributed by atoms with Gasteiger partial charge in [0, 0.05) is 0 Å². The SMILES string of the molecule is CC(C)(NC(=O)C(F)(F)F)C(=O)N[C@H](COCc1ccccc1)c1nnnn1C(/C=C/c1ccccc1)CC#N. The fourth-order valence-corrected chi connectivity index (χ4v) is 3.58. The monoisotopic (exact) mass is 555 g/mol. The Hall–Kier alpha value is -4.57. The number of benzene rings is 2. The highest BCUT2D eigenvalue weighted by atomic mass is 19.4. The highest BCUT2D eigenvalue weighted by Crippen LogP contribution is 2.22. The number of alkyl halides is 3. The molecule has 40 heavy (non-hydrogen) atoms. The van der Waals surface area contributed by atoms with Gasteiger partial charge in [0.1, 0.15) is 11.6 Å². The van der Waals surface area contributed by atoms with Gasteiger partial charge < -0.3 is 15.4 Å². The zero-order chi connectivity index (χ0) is 29.2. The van der Waals surface area contributed by atoms with Crippen LogP contribution in [0.15, 0.2) is 66.7 Å². The Morgan fingerprint density at radius 1 is 1.07 bits per heavy atom. The number of allylic oxidation sites excluding steroid dienone is 1. The number of nitrogens with zero attached hydrogens (tertiary/aromatic N) is 5. The summed E-state index contributed by atoms with van der Waals surface area (Å²) in [5.41, 5.74) is -0.224. The van der Waals surface area contributed by atoms with Crippen molar-refractivity contribution in [3.05, 3.63) is 83.7 Å². The highest BCUT2D eigenvalue weighted by Gasteiger charge is 2.44. The minimum absolute atomic E-state index is 0.0138. The van der Waals surface area contributed by atoms with E-state index in [1.807, 2.05) is 60.7 Å². The van der Waals surface area contributed by atoms with Gasteiger partial charge in [0.05, 0.1) is 31.7 Å². The molecule has 0 bridgehead atoms. The van der Waals surface area contributed by atoms with E-state index < -0.39 is 35.6 Å². The molecule has 2 N–H and O–H groups in total. The van der Waals surface area contributed by atoms with E-state index in [2.05, 4.69) is 26.9 Å². The molecule has 0 aliphatic carbocycles. The van der Waals surface area contributed by atoms with E-state index in [1.54, 1.807) is 17.5 Å². The summed E-state index contributed by atoms with van der Waals surface area (Å²) in [4.78, 5) is 24.6. The largest absolute Gasteiger partial charge is 0.471 e. The maximum absolute atomic E-state index is 13.1. The van der Waals surface area contributed by atoms with E-state index in [-0.39, 0.29) is 25.5 Å². The number of carbonyl (C=O) groups is 2. The lowest BCUT2D eigenvalue weighted by molar-refractivity contribution is -0.176. The van der Waals surface area contributed by atoms with E-state index in [9.17, 15) is 28.0 Å². The Kier molecular flexibility index (Phi) is 10.1. The standard InChI is InChI=1S/C27H28F3N7O3/c1-26(2,33-25(39)27(28,29)30)24(38)32-22(18-40-17-20-11-7-4-8-12-20)23-34-35-36-37(23)21(15-16-31)14-13-19-9-5-3-6-10-19/h3-14,21-22H,15,17-18H2,1-2H3,(H,32,38)(H,33,39)/b14-13+/t21?,22-/m1/s1. The molecule has 13 heteroatoms. The van der Waals surface area contributed by atoms with Crippen LogP contribution in [0.25, 0.3) is 6.08 Å². The summed E-state index contributed by atoms with van der Waals surface area (Å²) in [6.45, 7) is 2.28. The van der Waals surface area contributed by atoms with Crippen molar-refractivity contribution in [3.63, 3.8) is 0 Å². The van der Waals surface area contributed by atoms with Crippen LogP contribution >= 0.6 is 0 Å². The molecule has 3 aromatic rings. The van der Waals surface area contributed by atoms with Crippen LogP contribution in [0.1, 0.15) is 49.3 Å². The molecule has 10 nitrogen and oxygen atoms in total. The summed E-state index contributed by atoms with van der Waals surface area (Å²) >= 11 is 0. The first-order valence-electron chi connectivity index (χ1n) is 12.2. The number of amides is 2. The van der Waals surface area contributed by atoms with Gasteiger partial charge >= 0.3 is 12.1 Å². The zero-order valence-electron chi connectivity index (χ0n) is 21.8. The maximum atomic E-state index is 13.1. The Bertz CT molecular complexity index is 1340. The van der Waals surface area contributed by atoms with Crippen LogP contribution in [0, 0.1) is 11.3 Å². The maximum Gasteiger partial charge on any atom is 0.471 e. The number of ether oxygens (including phenoxy) is 1. The first-order valence-corrected chi connectivity index (χ1v) is 12.2. The van der Waals surface area contributed by atoms with E-state index in [0.29, 0.717) is 0 Å². The van der Waals surface area contributed by atoms with Crippen LogP contribution < -0.4 is 10.6 Å². The first kappa shape index (κ1) is 30.0. The van der Waals surface area contributed by atoms with Crippen LogP contribution in [-0.4, -0.2) is 50.3 Å². The van der Waals surface area contributed by atoms with Crippen LogP contribution in [0.3, 0.4) is 0 Å². The minimum atomic E-state index is -5.17. The number of halogens is 3. The molecule has 3 rings (SSSR count). The lowest BCUT2D eigenvalue weighted by atomic mass is 10.0. The van der Waals surface area contributed by atoms with Crippen LogP contribution in [0.5, 0.6) is 0 Å². The van der Waals surface area contributed by atoms with Crippen LogP contribution in [0.2, 0.25) is 0 Å². The number of nitrogens with one attached hydrogen (secondary N) is 2. The van der Waals surface area contributed by atoms with Gasteiger partial charge in [-0.3, -0.25) is 9.59 Å². The predicted octanol–water partition coefficient (Wildman–Crippen LogP) is 3.67. The van der Waals surface area contributed by atoms with Crippen molar-refractivity contribution in [1.29, 1.82) is 5.26 Å². The second-order valence-corrected chi connectivity index (χ2v) is 9.28. The molecule has 0 saturated carbocycles. The van der Waals surface area contributed by atoms with Crippen molar-refractivity contribution >= 4 is 17.9 Å². The zero-order valence-corrected chi connectivity index (χ0v) is 21.8.